The van der Waals surface area contributed by atoms with E-state index in [4.69, 9.17) is 0 Å². The van der Waals surface area contributed by atoms with Gasteiger partial charge in [-0.3, -0.25) is 4.79 Å². The van der Waals surface area contributed by atoms with Crippen LogP contribution in [0.15, 0.2) is 0 Å². The van der Waals surface area contributed by atoms with Gasteiger partial charge in [0, 0.05) is 6.54 Å². The fraction of sp³-hybridized carbons (Fsp3) is 0.667. The van der Waals surface area contributed by atoms with Crippen molar-refractivity contribution in [2.24, 2.45) is 0 Å². The van der Waals surface area contributed by atoms with E-state index in [1.165, 1.54) is 0 Å². The Balaban J connectivity index is 2.25. The Hall–Kier alpha value is -0.870. The monoisotopic (exact) mass is 396 g/mol. The van der Waals surface area contributed by atoms with Crippen LogP contribution in [0.4, 0.5) is 0 Å². The van der Waals surface area contributed by atoms with Gasteiger partial charge < -0.3 is 10.5 Å². The summed E-state index contributed by atoms with van der Waals surface area (Å²) < 4.78 is -1.51. The third-order valence-corrected chi connectivity index (χ3v) is 3.81. The zero-order valence-electron chi connectivity index (χ0n) is 11.0. The number of hydrogen-bond acceptors (Lipinski definition) is 5. The highest BCUT2D eigenvalue weighted by atomic mass is 127. The summed E-state index contributed by atoms with van der Waals surface area (Å²) in [6.07, 6.45) is 1.40. The lowest BCUT2D eigenvalue weighted by Gasteiger charge is -2.29. The molecule has 1 heterocycles. The van der Waals surface area contributed by atoms with Crippen LogP contribution in [0.3, 0.4) is 0 Å². The van der Waals surface area contributed by atoms with Crippen molar-refractivity contribution in [3.05, 3.63) is 5.21 Å². The number of quaternary nitrogens is 1. The predicted molar refractivity (Wildman–Crippen MR) is 78.2 cm³/mol. The second-order valence-electron chi connectivity index (χ2n) is 4.58. The molecule has 0 saturated carbocycles. The standard InChI is InChI=1S/C12H17IN2O5/c13-8-9(16)14-7-3-1-2-4-10(17)15(20)11(18)5-6-12(15)19/h1-8H2,(H,14,16). The number of nitrogens with zero attached hydrogens (tertiary/aromatic N) is 1. The van der Waals surface area contributed by atoms with Gasteiger partial charge in [-0.15, -0.1) is 0 Å². The smallest absolute Gasteiger partial charge is 0.329 e. The zero-order chi connectivity index (χ0) is 15.2. The highest BCUT2D eigenvalue weighted by Gasteiger charge is 2.48. The first-order chi connectivity index (χ1) is 9.42. The Morgan fingerprint density at radius 3 is 2.30 bits per heavy atom. The molecular formula is C12H17IN2O5. The molecule has 1 aliphatic rings. The number of halogens is 1. The van der Waals surface area contributed by atoms with E-state index in [1.807, 2.05) is 22.6 Å². The van der Waals surface area contributed by atoms with Crippen molar-refractivity contribution in [2.45, 2.75) is 38.5 Å². The fourth-order valence-corrected chi connectivity index (χ4v) is 2.23. The Kier molecular flexibility index (Phi) is 6.69. The van der Waals surface area contributed by atoms with Gasteiger partial charge in [-0.2, -0.15) is 4.65 Å². The molecule has 20 heavy (non-hydrogen) atoms. The van der Waals surface area contributed by atoms with E-state index in [9.17, 15) is 24.4 Å². The quantitative estimate of drug-likeness (QED) is 0.171. The minimum Gasteiger partial charge on any atom is -0.610 e. The van der Waals surface area contributed by atoms with Crippen molar-refractivity contribution in [1.29, 1.82) is 0 Å². The summed E-state index contributed by atoms with van der Waals surface area (Å²) in [6, 6.07) is 0. The van der Waals surface area contributed by atoms with E-state index < -0.39 is 22.4 Å². The topological polar surface area (TPSA) is 103 Å². The van der Waals surface area contributed by atoms with Gasteiger partial charge in [0.25, 0.3) is 0 Å². The van der Waals surface area contributed by atoms with Crippen LogP contribution in [0.1, 0.15) is 38.5 Å². The number of nitrogens with one attached hydrogen (secondary N) is 1. The number of unbranched alkanes of at least 4 members (excludes halogenated alkanes) is 2. The second-order valence-corrected chi connectivity index (χ2v) is 5.35. The van der Waals surface area contributed by atoms with Crippen molar-refractivity contribution in [2.75, 3.05) is 11.0 Å². The number of imide groups is 3. The lowest BCUT2D eigenvalue weighted by molar-refractivity contribution is -0.641. The minimum atomic E-state index is -1.91. The van der Waals surface area contributed by atoms with Crippen molar-refractivity contribution in [3.63, 3.8) is 0 Å². The van der Waals surface area contributed by atoms with Crippen LogP contribution in [0.25, 0.3) is 0 Å². The molecule has 0 aromatic heterocycles. The normalized spacial score (nSPS) is 17.3. The van der Waals surface area contributed by atoms with Crippen LogP contribution in [0, 0.1) is 5.21 Å². The molecule has 0 aromatic carbocycles. The number of hydroxylamine groups is 3. The first kappa shape index (κ1) is 17.2. The Morgan fingerprint density at radius 1 is 1.15 bits per heavy atom. The maximum absolute atomic E-state index is 11.9. The van der Waals surface area contributed by atoms with Crippen molar-refractivity contribution in [1.82, 2.24) is 5.32 Å². The van der Waals surface area contributed by atoms with Gasteiger partial charge in [0.1, 0.15) is 0 Å². The third kappa shape index (κ3) is 4.06. The molecule has 1 fully saturated rings. The SMILES string of the molecule is O=C(CI)NCCCCCC(=O)[N+]1([O-])C(=O)CCC1=O. The summed E-state index contributed by atoms with van der Waals surface area (Å²) in [4.78, 5) is 45.4. The lowest BCUT2D eigenvalue weighted by Crippen LogP contribution is -2.51. The fourth-order valence-electron chi connectivity index (χ4n) is 1.96. The van der Waals surface area contributed by atoms with Crippen LogP contribution < -0.4 is 5.32 Å². The molecule has 1 aliphatic heterocycles. The van der Waals surface area contributed by atoms with Gasteiger partial charge in [0.15, 0.2) is 0 Å². The number of amides is 4. The Labute approximate surface area is 130 Å². The van der Waals surface area contributed by atoms with Crippen LogP contribution in [-0.2, 0) is 19.2 Å². The summed E-state index contributed by atoms with van der Waals surface area (Å²) >= 11 is 1.96. The van der Waals surface area contributed by atoms with E-state index >= 15 is 0 Å². The van der Waals surface area contributed by atoms with Crippen molar-refractivity contribution in [3.8, 4) is 0 Å². The predicted octanol–water partition coefficient (Wildman–Crippen LogP) is 0.786. The maximum atomic E-state index is 11.9. The number of carbonyl (C=O) groups excluding carboxylic acids is 4. The van der Waals surface area contributed by atoms with E-state index in [0.29, 0.717) is 30.2 Å². The van der Waals surface area contributed by atoms with Gasteiger partial charge in [0.05, 0.1) is 23.7 Å². The number of rotatable bonds is 7. The molecule has 0 unspecified atom stereocenters. The molecule has 0 spiro atoms. The third-order valence-electron chi connectivity index (χ3n) is 3.12. The number of carbonyl (C=O) groups is 4. The van der Waals surface area contributed by atoms with E-state index in [0.717, 1.165) is 0 Å². The first-order valence-corrected chi connectivity index (χ1v) is 7.98. The van der Waals surface area contributed by atoms with Crippen molar-refractivity contribution >= 4 is 46.2 Å². The van der Waals surface area contributed by atoms with E-state index in [2.05, 4.69) is 5.32 Å². The zero-order valence-corrected chi connectivity index (χ0v) is 13.2. The maximum Gasteiger partial charge on any atom is 0.329 e. The molecule has 0 aromatic rings. The molecule has 0 radical (unpaired) electrons. The summed E-state index contributed by atoms with van der Waals surface area (Å²) in [5.41, 5.74) is 0. The van der Waals surface area contributed by atoms with Crippen molar-refractivity contribution < 1.29 is 23.8 Å². The minimum absolute atomic E-state index is 0.0426. The average molecular weight is 396 g/mol. The Bertz CT molecular complexity index is 408. The first-order valence-electron chi connectivity index (χ1n) is 6.45. The summed E-state index contributed by atoms with van der Waals surface area (Å²) in [7, 11) is 0. The molecule has 112 valence electrons. The van der Waals surface area contributed by atoms with E-state index in [-0.39, 0.29) is 25.2 Å². The second kappa shape index (κ2) is 7.79. The largest absolute Gasteiger partial charge is 0.610 e. The van der Waals surface area contributed by atoms with Gasteiger partial charge >= 0.3 is 17.7 Å². The molecule has 0 atom stereocenters. The van der Waals surface area contributed by atoms with Gasteiger partial charge in [-0.05, 0) is 12.8 Å². The Morgan fingerprint density at radius 2 is 1.75 bits per heavy atom. The molecule has 7 nitrogen and oxygen atoms in total. The molecular weight excluding hydrogens is 379 g/mol. The van der Waals surface area contributed by atoms with Gasteiger partial charge in [0.2, 0.25) is 5.91 Å². The molecule has 1 saturated heterocycles. The molecule has 0 bridgehead atoms. The van der Waals surface area contributed by atoms with E-state index in [1.54, 1.807) is 0 Å². The molecule has 0 aliphatic carbocycles. The van der Waals surface area contributed by atoms with Crippen LogP contribution in [-0.4, -0.2) is 39.2 Å². The summed E-state index contributed by atoms with van der Waals surface area (Å²) in [6.45, 7) is 0.519. The summed E-state index contributed by atoms with van der Waals surface area (Å²) in [5, 5.41) is 14.6. The highest BCUT2D eigenvalue weighted by molar-refractivity contribution is 14.1. The lowest BCUT2D eigenvalue weighted by atomic mass is 10.1. The number of hydrogen-bond donors (Lipinski definition) is 1. The van der Waals surface area contributed by atoms with Crippen LogP contribution in [0.2, 0.25) is 0 Å². The number of alkyl halides is 1. The summed E-state index contributed by atoms with van der Waals surface area (Å²) in [5.74, 6) is -2.61. The highest BCUT2D eigenvalue weighted by Crippen LogP contribution is 2.23. The molecule has 8 heteroatoms. The van der Waals surface area contributed by atoms with Crippen LogP contribution in [0.5, 0.6) is 0 Å². The van der Waals surface area contributed by atoms with Crippen LogP contribution >= 0.6 is 22.6 Å². The molecule has 4 amide bonds. The number of likely N-dealkylation sites (tertiary alicyclic amines) is 1. The average Bonchev–Trinajstić information content (AvgIpc) is 2.70. The molecule has 1 N–H and O–H groups in total. The van der Waals surface area contributed by atoms with Gasteiger partial charge in [-0.25, -0.2) is 14.4 Å². The molecule has 1 rings (SSSR count). The van der Waals surface area contributed by atoms with Gasteiger partial charge in [-0.1, -0.05) is 29.0 Å².